The zero-order valence-electron chi connectivity index (χ0n) is 7.76. The Hall–Kier alpha value is -0.220. The van der Waals surface area contributed by atoms with E-state index in [4.69, 9.17) is 5.73 Å². The summed E-state index contributed by atoms with van der Waals surface area (Å²) < 4.78 is -0.0694. The molecule has 0 aliphatic heterocycles. The molecule has 0 unspecified atom stereocenters. The van der Waals surface area contributed by atoms with Gasteiger partial charge in [0, 0.05) is 24.3 Å². The largest absolute Gasteiger partial charge is 0.355 e. The van der Waals surface area contributed by atoms with Gasteiger partial charge in [-0.15, -0.1) is 0 Å². The van der Waals surface area contributed by atoms with Gasteiger partial charge in [-0.25, -0.2) is 0 Å². The van der Waals surface area contributed by atoms with E-state index in [1.165, 1.54) is 0 Å². The molecule has 0 saturated heterocycles. The van der Waals surface area contributed by atoms with Crippen LogP contribution in [0.15, 0.2) is 0 Å². The predicted octanol–water partition coefficient (Wildman–Crippen LogP) is 0.550. The van der Waals surface area contributed by atoms with E-state index >= 15 is 0 Å². The number of amides is 1. The Bertz CT molecular complexity index is 142. The molecular formula is C8H18N2OS. The summed E-state index contributed by atoms with van der Waals surface area (Å²) in [5.41, 5.74) is 5.23. The van der Waals surface area contributed by atoms with Gasteiger partial charge < -0.3 is 11.1 Å². The molecule has 0 aromatic carbocycles. The molecule has 0 radical (unpaired) electrons. The highest BCUT2D eigenvalue weighted by Gasteiger charge is 2.13. The van der Waals surface area contributed by atoms with Crippen molar-refractivity contribution in [2.24, 2.45) is 5.73 Å². The third-order valence-corrected chi connectivity index (χ3v) is 1.65. The molecule has 0 aromatic heterocycles. The molecule has 3 nitrogen and oxygen atoms in total. The van der Waals surface area contributed by atoms with E-state index in [9.17, 15) is 4.79 Å². The fraction of sp³-hybridized carbons (Fsp3) is 0.875. The average Bonchev–Trinajstić information content (AvgIpc) is 1.95. The third kappa shape index (κ3) is 7.88. The summed E-state index contributed by atoms with van der Waals surface area (Å²) in [7, 11) is 0. The van der Waals surface area contributed by atoms with Crippen molar-refractivity contribution in [1.82, 2.24) is 5.32 Å². The molecule has 0 saturated carbocycles. The van der Waals surface area contributed by atoms with Gasteiger partial charge in [-0.1, -0.05) is 13.8 Å². The van der Waals surface area contributed by atoms with Crippen molar-refractivity contribution < 1.29 is 4.79 Å². The molecule has 0 fully saturated rings. The quantitative estimate of drug-likeness (QED) is 0.555. The van der Waals surface area contributed by atoms with E-state index in [0.717, 1.165) is 6.42 Å². The van der Waals surface area contributed by atoms with Crippen LogP contribution in [-0.4, -0.2) is 23.7 Å². The fourth-order valence-electron chi connectivity index (χ4n) is 0.719. The molecular weight excluding hydrogens is 172 g/mol. The van der Waals surface area contributed by atoms with E-state index in [1.54, 1.807) is 0 Å². The first-order valence-corrected chi connectivity index (χ1v) is 4.59. The van der Waals surface area contributed by atoms with Gasteiger partial charge in [-0.05, 0) is 6.42 Å². The highest BCUT2D eigenvalue weighted by Crippen LogP contribution is 2.18. The molecule has 0 aromatic rings. The number of hydrogen-bond acceptors (Lipinski definition) is 3. The third-order valence-electron chi connectivity index (χ3n) is 1.43. The van der Waals surface area contributed by atoms with Crippen molar-refractivity contribution in [3.63, 3.8) is 0 Å². The standard InChI is InChI=1S/C8H18N2OS/c1-8(2,12)4-3-7(11)10-6-5-9/h12H,3-6,9H2,1-2H3,(H,10,11). The summed E-state index contributed by atoms with van der Waals surface area (Å²) in [6.07, 6.45) is 1.31. The zero-order valence-corrected chi connectivity index (χ0v) is 8.66. The number of carbonyl (C=O) groups excluding carboxylic acids is 1. The molecule has 3 N–H and O–H groups in total. The number of hydrogen-bond donors (Lipinski definition) is 3. The van der Waals surface area contributed by atoms with Gasteiger partial charge in [-0.3, -0.25) is 4.79 Å². The van der Waals surface area contributed by atoms with Crippen LogP contribution in [0.1, 0.15) is 26.7 Å². The molecule has 4 heteroatoms. The topological polar surface area (TPSA) is 55.1 Å². The highest BCUT2D eigenvalue weighted by atomic mass is 32.1. The molecule has 0 spiro atoms. The lowest BCUT2D eigenvalue weighted by molar-refractivity contribution is -0.121. The lowest BCUT2D eigenvalue weighted by Gasteiger charge is -2.16. The van der Waals surface area contributed by atoms with Gasteiger partial charge in [0.05, 0.1) is 0 Å². The molecule has 0 rings (SSSR count). The second kappa shape index (κ2) is 5.43. The Morgan fingerprint density at radius 2 is 2.17 bits per heavy atom. The van der Waals surface area contributed by atoms with Crippen LogP contribution in [0.5, 0.6) is 0 Å². The Morgan fingerprint density at radius 1 is 1.58 bits per heavy atom. The summed E-state index contributed by atoms with van der Waals surface area (Å²) in [6, 6.07) is 0. The normalized spacial score (nSPS) is 11.3. The number of rotatable bonds is 5. The first-order chi connectivity index (χ1) is 5.45. The summed E-state index contributed by atoms with van der Waals surface area (Å²) >= 11 is 4.32. The minimum Gasteiger partial charge on any atom is -0.355 e. The van der Waals surface area contributed by atoms with E-state index < -0.39 is 0 Å². The molecule has 72 valence electrons. The fourth-order valence-corrected chi connectivity index (χ4v) is 0.831. The molecule has 0 bridgehead atoms. The lowest BCUT2D eigenvalue weighted by Crippen LogP contribution is -2.30. The van der Waals surface area contributed by atoms with Crippen LogP contribution in [0, 0.1) is 0 Å². The summed E-state index contributed by atoms with van der Waals surface area (Å²) in [6.45, 7) is 5.04. The first kappa shape index (κ1) is 11.8. The minimum atomic E-state index is -0.0694. The molecule has 0 aliphatic carbocycles. The summed E-state index contributed by atoms with van der Waals surface area (Å²) in [4.78, 5) is 11.0. The zero-order chi connectivity index (χ0) is 9.61. The SMILES string of the molecule is CC(C)(S)CCC(=O)NCCN. The lowest BCUT2D eigenvalue weighted by atomic mass is 10.1. The van der Waals surface area contributed by atoms with Crippen LogP contribution >= 0.6 is 12.6 Å². The maximum absolute atomic E-state index is 11.0. The molecule has 0 heterocycles. The molecule has 0 atom stereocenters. The van der Waals surface area contributed by atoms with Crippen molar-refractivity contribution in [3.05, 3.63) is 0 Å². The van der Waals surface area contributed by atoms with Crippen LogP contribution in [-0.2, 0) is 4.79 Å². The first-order valence-electron chi connectivity index (χ1n) is 4.15. The summed E-state index contributed by atoms with van der Waals surface area (Å²) in [5.74, 6) is 0.0579. The van der Waals surface area contributed by atoms with Crippen LogP contribution < -0.4 is 11.1 Å². The second-order valence-corrected chi connectivity index (χ2v) is 4.66. The predicted molar refractivity (Wildman–Crippen MR) is 54.4 cm³/mol. The van der Waals surface area contributed by atoms with E-state index in [2.05, 4.69) is 17.9 Å². The molecule has 1 amide bonds. The van der Waals surface area contributed by atoms with Crippen LogP contribution in [0.4, 0.5) is 0 Å². The van der Waals surface area contributed by atoms with Crippen LogP contribution in [0.3, 0.4) is 0 Å². The maximum atomic E-state index is 11.0. The summed E-state index contributed by atoms with van der Waals surface area (Å²) in [5, 5.41) is 2.71. The van der Waals surface area contributed by atoms with Crippen molar-refractivity contribution in [3.8, 4) is 0 Å². The Morgan fingerprint density at radius 3 is 2.58 bits per heavy atom. The van der Waals surface area contributed by atoms with Gasteiger partial charge in [0.25, 0.3) is 0 Å². The molecule has 0 aliphatic rings. The Kier molecular flexibility index (Phi) is 5.33. The number of nitrogens with one attached hydrogen (secondary N) is 1. The molecule has 12 heavy (non-hydrogen) atoms. The number of thiol groups is 1. The van der Waals surface area contributed by atoms with Crippen molar-refractivity contribution >= 4 is 18.5 Å². The Labute approximate surface area is 79.5 Å². The Balaban J connectivity index is 3.44. The van der Waals surface area contributed by atoms with Crippen LogP contribution in [0.25, 0.3) is 0 Å². The number of carbonyl (C=O) groups is 1. The van der Waals surface area contributed by atoms with Gasteiger partial charge in [0.1, 0.15) is 0 Å². The van der Waals surface area contributed by atoms with E-state index in [0.29, 0.717) is 19.5 Å². The van der Waals surface area contributed by atoms with Gasteiger partial charge in [0.2, 0.25) is 5.91 Å². The van der Waals surface area contributed by atoms with Crippen LogP contribution in [0.2, 0.25) is 0 Å². The van der Waals surface area contributed by atoms with Crippen molar-refractivity contribution in [1.29, 1.82) is 0 Å². The van der Waals surface area contributed by atoms with E-state index in [1.807, 2.05) is 13.8 Å². The highest BCUT2D eigenvalue weighted by molar-refractivity contribution is 7.81. The second-order valence-electron chi connectivity index (χ2n) is 3.45. The van der Waals surface area contributed by atoms with Gasteiger partial charge in [-0.2, -0.15) is 12.6 Å². The van der Waals surface area contributed by atoms with E-state index in [-0.39, 0.29) is 10.7 Å². The minimum absolute atomic E-state index is 0.0579. The number of nitrogens with two attached hydrogens (primary N) is 1. The smallest absolute Gasteiger partial charge is 0.220 e. The van der Waals surface area contributed by atoms with Gasteiger partial charge >= 0.3 is 0 Å². The monoisotopic (exact) mass is 190 g/mol. The van der Waals surface area contributed by atoms with Crippen molar-refractivity contribution in [2.75, 3.05) is 13.1 Å². The average molecular weight is 190 g/mol. The van der Waals surface area contributed by atoms with Crippen molar-refractivity contribution in [2.45, 2.75) is 31.4 Å². The maximum Gasteiger partial charge on any atom is 0.220 e. The van der Waals surface area contributed by atoms with Gasteiger partial charge in [0.15, 0.2) is 0 Å².